The van der Waals surface area contributed by atoms with Crippen molar-refractivity contribution >= 4 is 0 Å². The molecule has 2 heteroatoms. The van der Waals surface area contributed by atoms with Crippen molar-refractivity contribution in [2.24, 2.45) is 5.92 Å². The smallest absolute Gasteiger partial charge is 0.0420 e. The predicted octanol–water partition coefficient (Wildman–Crippen LogP) is 2.39. The molecule has 0 saturated heterocycles. The molecule has 1 atom stereocenters. The van der Waals surface area contributed by atoms with E-state index in [0.29, 0.717) is 5.92 Å². The molecule has 2 aliphatic rings. The molecule has 0 radical (unpaired) electrons. The summed E-state index contributed by atoms with van der Waals surface area (Å²) in [5, 5.41) is 0. The van der Waals surface area contributed by atoms with Gasteiger partial charge in [0, 0.05) is 51.1 Å². The summed E-state index contributed by atoms with van der Waals surface area (Å²) in [7, 11) is 8.45. The molecular weight excluding hydrogens is 196 g/mol. The molecule has 1 unspecified atom stereocenters. The van der Waals surface area contributed by atoms with Crippen LogP contribution in [0.25, 0.3) is 0 Å². The number of hydrogen-bond acceptors (Lipinski definition) is 2. The van der Waals surface area contributed by atoms with Crippen LogP contribution in [-0.2, 0) is 0 Å². The van der Waals surface area contributed by atoms with E-state index in [9.17, 15) is 0 Å². The Morgan fingerprint density at radius 1 is 1.12 bits per heavy atom. The largest absolute Gasteiger partial charge is 0.377 e. The fourth-order valence-electron chi connectivity index (χ4n) is 2.37. The Bertz CT molecular complexity index is 395. The third kappa shape index (κ3) is 1.80. The van der Waals surface area contributed by atoms with Gasteiger partial charge in [0.2, 0.25) is 0 Å². The standard InChI is InChI=1S/C14H20N2/c1-15(2)12-9-5-7-11-8-6-10-13(14(11)12)16(3)4/h5-7,9-11H,8H2,1-4H3. The minimum Gasteiger partial charge on any atom is -0.377 e. The first-order chi connectivity index (χ1) is 7.61. The van der Waals surface area contributed by atoms with Crippen LogP contribution in [0.15, 0.2) is 47.3 Å². The van der Waals surface area contributed by atoms with Crippen LogP contribution < -0.4 is 0 Å². The molecule has 0 aliphatic heterocycles. The van der Waals surface area contributed by atoms with Crippen LogP contribution in [0, 0.1) is 5.92 Å². The summed E-state index contributed by atoms with van der Waals surface area (Å²) < 4.78 is 0. The molecule has 2 aliphatic carbocycles. The van der Waals surface area contributed by atoms with Crippen molar-refractivity contribution in [3.05, 3.63) is 47.3 Å². The second-order valence-corrected chi connectivity index (χ2v) is 4.77. The van der Waals surface area contributed by atoms with E-state index in [1.807, 2.05) is 0 Å². The summed E-state index contributed by atoms with van der Waals surface area (Å²) in [6, 6.07) is 0. The third-order valence-corrected chi connectivity index (χ3v) is 3.15. The molecule has 0 heterocycles. The van der Waals surface area contributed by atoms with Gasteiger partial charge in [-0.05, 0) is 18.6 Å². The van der Waals surface area contributed by atoms with E-state index < -0.39 is 0 Å². The Morgan fingerprint density at radius 3 is 2.50 bits per heavy atom. The molecule has 0 amide bonds. The van der Waals surface area contributed by atoms with Crippen molar-refractivity contribution in [2.45, 2.75) is 6.42 Å². The Labute approximate surface area is 98.2 Å². The van der Waals surface area contributed by atoms with Crippen LogP contribution in [0.2, 0.25) is 0 Å². The van der Waals surface area contributed by atoms with E-state index in [1.165, 1.54) is 17.0 Å². The maximum atomic E-state index is 2.30. The summed E-state index contributed by atoms with van der Waals surface area (Å²) in [6.07, 6.45) is 12.3. The zero-order valence-corrected chi connectivity index (χ0v) is 10.6. The maximum Gasteiger partial charge on any atom is 0.0420 e. The summed E-state index contributed by atoms with van der Waals surface area (Å²) >= 11 is 0. The molecule has 0 fully saturated rings. The zero-order chi connectivity index (χ0) is 11.7. The molecule has 2 nitrogen and oxygen atoms in total. The number of hydrogen-bond donors (Lipinski definition) is 0. The van der Waals surface area contributed by atoms with Gasteiger partial charge in [0.25, 0.3) is 0 Å². The van der Waals surface area contributed by atoms with Crippen LogP contribution in [0.4, 0.5) is 0 Å². The monoisotopic (exact) mass is 216 g/mol. The normalized spacial score (nSPS) is 23.0. The topological polar surface area (TPSA) is 6.48 Å². The van der Waals surface area contributed by atoms with Gasteiger partial charge in [-0.1, -0.05) is 18.2 Å². The van der Waals surface area contributed by atoms with Gasteiger partial charge in [-0.2, -0.15) is 0 Å². The fraction of sp³-hybridized carbons (Fsp3) is 0.429. The second-order valence-electron chi connectivity index (χ2n) is 4.77. The van der Waals surface area contributed by atoms with Crippen molar-refractivity contribution in [3.63, 3.8) is 0 Å². The van der Waals surface area contributed by atoms with Crippen LogP contribution in [0.1, 0.15) is 6.42 Å². The molecule has 16 heavy (non-hydrogen) atoms. The van der Waals surface area contributed by atoms with Crippen molar-refractivity contribution in [1.82, 2.24) is 9.80 Å². The highest BCUT2D eigenvalue weighted by Gasteiger charge is 2.24. The molecule has 0 aromatic rings. The van der Waals surface area contributed by atoms with Crippen LogP contribution in [0.3, 0.4) is 0 Å². The highest BCUT2D eigenvalue weighted by molar-refractivity contribution is 5.48. The van der Waals surface area contributed by atoms with Gasteiger partial charge in [-0.3, -0.25) is 0 Å². The number of allylic oxidation sites excluding steroid dienone is 6. The van der Waals surface area contributed by atoms with E-state index in [1.54, 1.807) is 0 Å². The fourth-order valence-corrected chi connectivity index (χ4v) is 2.37. The minimum absolute atomic E-state index is 0.546. The molecule has 0 spiro atoms. The number of nitrogens with zero attached hydrogens (tertiary/aromatic N) is 2. The van der Waals surface area contributed by atoms with Gasteiger partial charge in [-0.25, -0.2) is 0 Å². The lowest BCUT2D eigenvalue weighted by Crippen LogP contribution is -2.25. The molecule has 86 valence electrons. The lowest BCUT2D eigenvalue weighted by molar-refractivity contribution is 0.468. The number of fused-ring (bicyclic) bond motifs is 1. The molecule has 0 aromatic carbocycles. The summed E-state index contributed by atoms with van der Waals surface area (Å²) in [5.41, 5.74) is 4.13. The first-order valence-electron chi connectivity index (χ1n) is 5.75. The van der Waals surface area contributed by atoms with Crippen LogP contribution in [-0.4, -0.2) is 38.0 Å². The summed E-state index contributed by atoms with van der Waals surface area (Å²) in [4.78, 5) is 4.41. The van der Waals surface area contributed by atoms with Crippen molar-refractivity contribution in [3.8, 4) is 0 Å². The van der Waals surface area contributed by atoms with Crippen LogP contribution >= 0.6 is 0 Å². The molecule has 0 bridgehead atoms. The average molecular weight is 216 g/mol. The summed E-state index contributed by atoms with van der Waals surface area (Å²) in [5.74, 6) is 0.546. The lowest BCUT2D eigenvalue weighted by atomic mass is 9.84. The van der Waals surface area contributed by atoms with Gasteiger partial charge in [0.05, 0.1) is 0 Å². The zero-order valence-electron chi connectivity index (χ0n) is 10.6. The third-order valence-electron chi connectivity index (χ3n) is 3.15. The second kappa shape index (κ2) is 4.20. The quantitative estimate of drug-likeness (QED) is 0.699. The van der Waals surface area contributed by atoms with Gasteiger partial charge in [-0.15, -0.1) is 0 Å². The first kappa shape index (κ1) is 11.1. The maximum absolute atomic E-state index is 2.30. The molecule has 0 N–H and O–H groups in total. The molecular formula is C14H20N2. The number of likely N-dealkylation sites (N-methyl/N-ethyl adjacent to an activating group) is 2. The Balaban J connectivity index is 2.51. The first-order valence-corrected chi connectivity index (χ1v) is 5.75. The van der Waals surface area contributed by atoms with Gasteiger partial charge < -0.3 is 9.80 Å². The molecule has 0 aromatic heterocycles. The highest BCUT2D eigenvalue weighted by Crippen LogP contribution is 2.35. The van der Waals surface area contributed by atoms with Crippen molar-refractivity contribution in [1.29, 1.82) is 0 Å². The molecule has 0 saturated carbocycles. The van der Waals surface area contributed by atoms with Gasteiger partial charge in [0.1, 0.15) is 0 Å². The van der Waals surface area contributed by atoms with Crippen molar-refractivity contribution in [2.75, 3.05) is 28.2 Å². The van der Waals surface area contributed by atoms with Gasteiger partial charge in [0.15, 0.2) is 0 Å². The van der Waals surface area contributed by atoms with Gasteiger partial charge >= 0.3 is 0 Å². The summed E-state index contributed by atoms with van der Waals surface area (Å²) in [6.45, 7) is 0. The van der Waals surface area contributed by atoms with E-state index in [4.69, 9.17) is 0 Å². The van der Waals surface area contributed by atoms with E-state index in [0.717, 1.165) is 6.42 Å². The minimum atomic E-state index is 0.546. The Kier molecular flexibility index (Phi) is 2.90. The Hall–Kier alpha value is -1.44. The SMILES string of the molecule is CN(C)C1=CC=CC2CC=CC(N(C)C)=C12. The van der Waals surface area contributed by atoms with E-state index >= 15 is 0 Å². The number of rotatable bonds is 2. The van der Waals surface area contributed by atoms with Crippen LogP contribution in [0.5, 0.6) is 0 Å². The van der Waals surface area contributed by atoms with E-state index in [-0.39, 0.29) is 0 Å². The highest BCUT2D eigenvalue weighted by atomic mass is 15.1. The predicted molar refractivity (Wildman–Crippen MR) is 68.9 cm³/mol. The Morgan fingerprint density at radius 2 is 1.88 bits per heavy atom. The van der Waals surface area contributed by atoms with Crippen molar-refractivity contribution < 1.29 is 0 Å². The average Bonchev–Trinajstić information content (AvgIpc) is 2.27. The van der Waals surface area contributed by atoms with E-state index in [2.05, 4.69) is 68.4 Å². The molecule has 2 rings (SSSR count). The lowest BCUT2D eigenvalue weighted by Gasteiger charge is -2.33.